The number of aliphatic hydroxyl groups is 1. The predicted octanol–water partition coefficient (Wildman–Crippen LogP) is 1.03. The third-order valence-corrected chi connectivity index (χ3v) is 1.96. The van der Waals surface area contributed by atoms with Crippen LogP contribution in [-0.4, -0.2) is 36.4 Å². The SMILES string of the molecule is CCCCC(=O)OC(CO)COC(=O)CC. The molecule has 0 rings (SSSR count). The van der Waals surface area contributed by atoms with Crippen LogP contribution in [-0.2, 0) is 19.1 Å². The lowest BCUT2D eigenvalue weighted by Crippen LogP contribution is -2.28. The molecule has 0 radical (unpaired) electrons. The summed E-state index contributed by atoms with van der Waals surface area (Å²) in [5.74, 6) is -0.739. The number of unbranched alkanes of at least 4 members (excludes halogenated alkanes) is 1. The fourth-order valence-corrected chi connectivity index (χ4v) is 0.978. The fraction of sp³-hybridized carbons (Fsp3) is 0.818. The monoisotopic (exact) mass is 232 g/mol. The van der Waals surface area contributed by atoms with Gasteiger partial charge in [-0.3, -0.25) is 9.59 Å². The first-order chi connectivity index (χ1) is 7.63. The van der Waals surface area contributed by atoms with E-state index in [0.29, 0.717) is 6.42 Å². The van der Waals surface area contributed by atoms with Crippen molar-refractivity contribution in [2.45, 2.75) is 45.6 Å². The van der Waals surface area contributed by atoms with E-state index >= 15 is 0 Å². The van der Waals surface area contributed by atoms with Gasteiger partial charge in [0.25, 0.3) is 0 Å². The van der Waals surface area contributed by atoms with Gasteiger partial charge >= 0.3 is 11.9 Å². The summed E-state index contributed by atoms with van der Waals surface area (Å²) in [6.45, 7) is 3.22. The molecule has 0 aliphatic heterocycles. The van der Waals surface area contributed by atoms with Crippen LogP contribution in [0.25, 0.3) is 0 Å². The van der Waals surface area contributed by atoms with E-state index in [1.54, 1.807) is 6.92 Å². The van der Waals surface area contributed by atoms with Crippen molar-refractivity contribution in [3.8, 4) is 0 Å². The van der Waals surface area contributed by atoms with Crippen LogP contribution in [0.4, 0.5) is 0 Å². The number of carbonyl (C=O) groups is 2. The number of carbonyl (C=O) groups excluding carboxylic acids is 2. The van der Waals surface area contributed by atoms with Crippen LogP contribution in [0.5, 0.6) is 0 Å². The largest absolute Gasteiger partial charge is 0.462 e. The van der Waals surface area contributed by atoms with E-state index < -0.39 is 6.10 Å². The van der Waals surface area contributed by atoms with E-state index in [-0.39, 0.29) is 31.6 Å². The summed E-state index contributed by atoms with van der Waals surface area (Å²) in [4.78, 5) is 22.1. The van der Waals surface area contributed by atoms with Gasteiger partial charge in [0.15, 0.2) is 6.10 Å². The smallest absolute Gasteiger partial charge is 0.306 e. The first kappa shape index (κ1) is 14.9. The van der Waals surface area contributed by atoms with Crippen molar-refractivity contribution in [1.82, 2.24) is 0 Å². The molecule has 0 aliphatic rings. The number of esters is 2. The van der Waals surface area contributed by atoms with E-state index in [9.17, 15) is 9.59 Å². The molecule has 5 nitrogen and oxygen atoms in total. The van der Waals surface area contributed by atoms with Crippen LogP contribution in [0, 0.1) is 0 Å². The lowest BCUT2D eigenvalue weighted by molar-refractivity contribution is -0.161. The Labute approximate surface area is 95.7 Å². The zero-order chi connectivity index (χ0) is 12.4. The van der Waals surface area contributed by atoms with E-state index in [1.165, 1.54) is 0 Å². The Morgan fingerprint density at radius 3 is 2.44 bits per heavy atom. The maximum Gasteiger partial charge on any atom is 0.306 e. The Morgan fingerprint density at radius 1 is 1.25 bits per heavy atom. The standard InChI is InChI=1S/C11H20O5/c1-3-5-6-11(14)16-9(7-12)8-15-10(13)4-2/h9,12H,3-8H2,1-2H3. The average molecular weight is 232 g/mol. The second-order valence-electron chi connectivity index (χ2n) is 3.43. The average Bonchev–Trinajstić information content (AvgIpc) is 2.31. The molecule has 0 saturated carbocycles. The minimum atomic E-state index is -0.750. The number of hydrogen-bond acceptors (Lipinski definition) is 5. The third-order valence-electron chi connectivity index (χ3n) is 1.96. The molecule has 0 spiro atoms. The van der Waals surface area contributed by atoms with Crippen LogP contribution in [0.2, 0.25) is 0 Å². The first-order valence-electron chi connectivity index (χ1n) is 5.59. The molecule has 0 aromatic carbocycles. The van der Waals surface area contributed by atoms with Gasteiger partial charge in [0.2, 0.25) is 0 Å². The Morgan fingerprint density at radius 2 is 1.94 bits per heavy atom. The normalized spacial score (nSPS) is 11.9. The quantitative estimate of drug-likeness (QED) is 0.633. The molecule has 0 heterocycles. The van der Waals surface area contributed by atoms with Crippen LogP contribution < -0.4 is 0 Å². The highest BCUT2D eigenvalue weighted by atomic mass is 16.6. The second-order valence-corrected chi connectivity index (χ2v) is 3.43. The minimum Gasteiger partial charge on any atom is -0.462 e. The highest BCUT2D eigenvalue weighted by Gasteiger charge is 2.15. The summed E-state index contributed by atoms with van der Waals surface area (Å²) in [6, 6.07) is 0. The molecule has 0 aliphatic carbocycles. The maximum absolute atomic E-state index is 11.2. The topological polar surface area (TPSA) is 72.8 Å². The van der Waals surface area contributed by atoms with E-state index in [4.69, 9.17) is 14.6 Å². The van der Waals surface area contributed by atoms with Crippen LogP contribution in [0.1, 0.15) is 39.5 Å². The molecule has 1 unspecified atom stereocenters. The van der Waals surface area contributed by atoms with Crippen LogP contribution in [0.3, 0.4) is 0 Å². The Kier molecular flexibility index (Phi) is 8.52. The minimum absolute atomic E-state index is 0.0823. The zero-order valence-corrected chi connectivity index (χ0v) is 9.90. The molecule has 94 valence electrons. The molecule has 1 atom stereocenters. The summed E-state index contributed by atoms with van der Waals surface area (Å²) in [5, 5.41) is 8.92. The lowest BCUT2D eigenvalue weighted by Gasteiger charge is -2.15. The number of ether oxygens (including phenoxy) is 2. The van der Waals surface area contributed by atoms with Crippen molar-refractivity contribution >= 4 is 11.9 Å². The van der Waals surface area contributed by atoms with E-state index in [0.717, 1.165) is 12.8 Å². The van der Waals surface area contributed by atoms with Gasteiger partial charge < -0.3 is 14.6 Å². The van der Waals surface area contributed by atoms with Gasteiger partial charge in [-0.25, -0.2) is 0 Å². The summed E-state index contributed by atoms with van der Waals surface area (Å²) in [7, 11) is 0. The molecule has 0 aromatic heterocycles. The number of hydrogen-bond donors (Lipinski definition) is 1. The second kappa shape index (κ2) is 9.15. The van der Waals surface area contributed by atoms with Crippen molar-refractivity contribution in [1.29, 1.82) is 0 Å². The van der Waals surface area contributed by atoms with Crippen molar-refractivity contribution < 1.29 is 24.2 Å². The van der Waals surface area contributed by atoms with Gasteiger partial charge in [0.1, 0.15) is 6.61 Å². The molecule has 0 aromatic rings. The maximum atomic E-state index is 11.2. The Bertz CT molecular complexity index is 214. The summed E-state index contributed by atoms with van der Waals surface area (Å²) in [5.41, 5.74) is 0. The van der Waals surface area contributed by atoms with Gasteiger partial charge in [-0.2, -0.15) is 0 Å². The molecular weight excluding hydrogens is 212 g/mol. The molecule has 0 saturated heterocycles. The molecule has 0 fully saturated rings. The van der Waals surface area contributed by atoms with Crippen LogP contribution >= 0.6 is 0 Å². The number of rotatable bonds is 8. The van der Waals surface area contributed by atoms with Gasteiger partial charge in [-0.05, 0) is 6.42 Å². The van der Waals surface area contributed by atoms with Crippen molar-refractivity contribution in [2.75, 3.05) is 13.2 Å². The number of aliphatic hydroxyl groups excluding tert-OH is 1. The summed E-state index contributed by atoms with van der Waals surface area (Å²) < 4.78 is 9.70. The van der Waals surface area contributed by atoms with Gasteiger partial charge in [-0.15, -0.1) is 0 Å². The summed E-state index contributed by atoms with van der Waals surface area (Å²) in [6.07, 6.45) is 1.51. The van der Waals surface area contributed by atoms with Gasteiger partial charge in [0.05, 0.1) is 6.61 Å². The third kappa shape index (κ3) is 7.23. The fourth-order valence-electron chi connectivity index (χ4n) is 0.978. The molecule has 0 bridgehead atoms. The van der Waals surface area contributed by atoms with Crippen molar-refractivity contribution in [2.24, 2.45) is 0 Å². The van der Waals surface area contributed by atoms with Gasteiger partial charge in [-0.1, -0.05) is 20.3 Å². The zero-order valence-electron chi connectivity index (χ0n) is 9.90. The molecule has 0 amide bonds. The Balaban J connectivity index is 3.81. The lowest BCUT2D eigenvalue weighted by atomic mass is 10.2. The van der Waals surface area contributed by atoms with Crippen LogP contribution in [0.15, 0.2) is 0 Å². The summed E-state index contributed by atoms with van der Waals surface area (Å²) >= 11 is 0. The Hall–Kier alpha value is -1.10. The highest BCUT2D eigenvalue weighted by molar-refractivity contribution is 5.70. The molecule has 5 heteroatoms. The van der Waals surface area contributed by atoms with E-state index in [1.807, 2.05) is 6.92 Å². The van der Waals surface area contributed by atoms with Gasteiger partial charge in [0, 0.05) is 12.8 Å². The molecule has 16 heavy (non-hydrogen) atoms. The molecular formula is C11H20O5. The van der Waals surface area contributed by atoms with E-state index in [2.05, 4.69) is 0 Å². The van der Waals surface area contributed by atoms with Crippen molar-refractivity contribution in [3.05, 3.63) is 0 Å². The highest BCUT2D eigenvalue weighted by Crippen LogP contribution is 2.01. The predicted molar refractivity (Wildman–Crippen MR) is 57.7 cm³/mol. The molecule has 1 N–H and O–H groups in total. The van der Waals surface area contributed by atoms with Crippen molar-refractivity contribution in [3.63, 3.8) is 0 Å². The first-order valence-corrected chi connectivity index (χ1v) is 5.59.